The molecule has 1 saturated heterocycles. The number of rotatable bonds is 6. The van der Waals surface area contributed by atoms with Crippen molar-refractivity contribution in [2.24, 2.45) is 5.73 Å². The van der Waals surface area contributed by atoms with E-state index in [1.165, 1.54) is 0 Å². The molecule has 148 valence electrons. The molecular formula is C17H28Cl2N4O3. The molecule has 1 aliphatic heterocycles. The van der Waals surface area contributed by atoms with E-state index >= 15 is 0 Å². The van der Waals surface area contributed by atoms with Gasteiger partial charge in [0, 0.05) is 44.8 Å². The van der Waals surface area contributed by atoms with Crippen LogP contribution >= 0.6 is 24.8 Å². The first-order valence-corrected chi connectivity index (χ1v) is 8.20. The lowest BCUT2D eigenvalue weighted by Crippen LogP contribution is -2.53. The summed E-state index contributed by atoms with van der Waals surface area (Å²) in [6, 6.07) is 6.58. The molecule has 2 rings (SSSR count). The van der Waals surface area contributed by atoms with Crippen molar-refractivity contribution in [3.05, 3.63) is 29.8 Å². The van der Waals surface area contributed by atoms with Crippen LogP contribution in [0.1, 0.15) is 17.3 Å². The lowest BCUT2D eigenvalue weighted by atomic mass is 10.2. The smallest absolute Gasteiger partial charge is 0.251 e. The Hall–Kier alpha value is -1.54. The fraction of sp³-hybridized carbons (Fsp3) is 0.529. The second-order valence-electron chi connectivity index (χ2n) is 5.94. The molecule has 0 unspecified atom stereocenters. The van der Waals surface area contributed by atoms with Crippen LogP contribution in [-0.4, -0.2) is 74.0 Å². The second kappa shape index (κ2) is 12.0. The topological polar surface area (TPSA) is 87.9 Å². The summed E-state index contributed by atoms with van der Waals surface area (Å²) < 4.78 is 5.08. The van der Waals surface area contributed by atoms with Gasteiger partial charge in [-0.2, -0.15) is 0 Å². The molecule has 26 heavy (non-hydrogen) atoms. The van der Waals surface area contributed by atoms with E-state index < -0.39 is 6.04 Å². The van der Waals surface area contributed by atoms with Crippen LogP contribution in [0, 0.1) is 0 Å². The van der Waals surface area contributed by atoms with Crippen molar-refractivity contribution in [2.45, 2.75) is 13.0 Å². The molecule has 7 nitrogen and oxygen atoms in total. The van der Waals surface area contributed by atoms with Crippen molar-refractivity contribution in [1.82, 2.24) is 15.1 Å². The first kappa shape index (κ1) is 24.5. The van der Waals surface area contributed by atoms with Gasteiger partial charge in [0.05, 0.1) is 13.2 Å². The average Bonchev–Trinajstić information content (AvgIpc) is 2.61. The molecule has 1 aromatic carbocycles. The van der Waals surface area contributed by atoms with Gasteiger partial charge in [0.25, 0.3) is 5.91 Å². The maximum atomic E-state index is 12.1. The van der Waals surface area contributed by atoms with Gasteiger partial charge < -0.3 is 20.7 Å². The van der Waals surface area contributed by atoms with Crippen LogP contribution in [0.3, 0.4) is 0 Å². The number of nitrogens with zero attached hydrogens (tertiary/aromatic N) is 2. The van der Waals surface area contributed by atoms with Gasteiger partial charge in [0.1, 0.15) is 5.75 Å². The van der Waals surface area contributed by atoms with Crippen LogP contribution in [0.5, 0.6) is 5.75 Å². The number of amides is 2. The van der Waals surface area contributed by atoms with Gasteiger partial charge in [-0.25, -0.2) is 0 Å². The first-order valence-electron chi connectivity index (χ1n) is 8.20. The predicted octanol–water partition coefficient (Wildman–Crippen LogP) is 0.760. The molecule has 3 N–H and O–H groups in total. The van der Waals surface area contributed by atoms with Gasteiger partial charge in [-0.1, -0.05) is 0 Å². The standard InChI is InChI=1S/C17H26N4O3.2ClH/c1-13(18)17(23)21-11-9-20(10-12-21)8-7-19-16(22)14-3-5-15(24-2)6-4-14;;/h3-6,13H,7-12,18H2,1-2H3,(H,19,22);2*1H/t13-;;/m1../s1. The van der Waals surface area contributed by atoms with E-state index in [1.54, 1.807) is 43.2 Å². The summed E-state index contributed by atoms with van der Waals surface area (Å²) >= 11 is 0. The van der Waals surface area contributed by atoms with E-state index in [1.807, 2.05) is 0 Å². The molecule has 1 atom stereocenters. The lowest BCUT2D eigenvalue weighted by Gasteiger charge is -2.35. The van der Waals surface area contributed by atoms with Crippen molar-refractivity contribution in [3.8, 4) is 5.75 Å². The van der Waals surface area contributed by atoms with E-state index in [0.717, 1.165) is 25.4 Å². The van der Waals surface area contributed by atoms with Gasteiger partial charge in [-0.3, -0.25) is 14.5 Å². The monoisotopic (exact) mass is 406 g/mol. The zero-order chi connectivity index (χ0) is 17.5. The molecule has 0 saturated carbocycles. The highest BCUT2D eigenvalue weighted by molar-refractivity contribution is 5.94. The van der Waals surface area contributed by atoms with Crippen molar-refractivity contribution < 1.29 is 14.3 Å². The summed E-state index contributed by atoms with van der Waals surface area (Å²) in [6.07, 6.45) is 0. The van der Waals surface area contributed by atoms with E-state index in [9.17, 15) is 9.59 Å². The summed E-state index contributed by atoms with van der Waals surface area (Å²) in [5.74, 6) is 0.636. The van der Waals surface area contributed by atoms with Crippen LogP contribution in [0.25, 0.3) is 0 Å². The molecule has 0 spiro atoms. The number of hydrogen-bond donors (Lipinski definition) is 2. The molecule has 1 fully saturated rings. The van der Waals surface area contributed by atoms with Crippen LogP contribution in [-0.2, 0) is 4.79 Å². The van der Waals surface area contributed by atoms with E-state index in [4.69, 9.17) is 10.5 Å². The Morgan fingerprint density at radius 3 is 2.23 bits per heavy atom. The van der Waals surface area contributed by atoms with Crippen molar-refractivity contribution >= 4 is 36.6 Å². The quantitative estimate of drug-likeness (QED) is 0.727. The maximum absolute atomic E-state index is 12.1. The highest BCUT2D eigenvalue weighted by Gasteiger charge is 2.22. The van der Waals surface area contributed by atoms with Crippen LogP contribution in [0.2, 0.25) is 0 Å². The normalized spacial score (nSPS) is 15.3. The molecule has 0 aromatic heterocycles. The summed E-state index contributed by atoms with van der Waals surface area (Å²) in [5.41, 5.74) is 6.24. The number of piperazine rings is 1. The number of carbonyl (C=O) groups is 2. The number of ether oxygens (including phenoxy) is 1. The number of carbonyl (C=O) groups excluding carboxylic acids is 2. The largest absolute Gasteiger partial charge is 0.497 e. The zero-order valence-corrected chi connectivity index (χ0v) is 16.8. The van der Waals surface area contributed by atoms with E-state index in [0.29, 0.717) is 25.2 Å². The summed E-state index contributed by atoms with van der Waals surface area (Å²) in [6.45, 7) is 6.03. The number of halogens is 2. The Labute approximate surface area is 167 Å². The Kier molecular flexibility index (Phi) is 11.2. The minimum atomic E-state index is -0.444. The van der Waals surface area contributed by atoms with E-state index in [-0.39, 0.29) is 36.6 Å². The number of methoxy groups -OCH3 is 1. The van der Waals surface area contributed by atoms with Gasteiger partial charge in [0.15, 0.2) is 0 Å². The maximum Gasteiger partial charge on any atom is 0.251 e. The molecule has 0 bridgehead atoms. The molecular weight excluding hydrogens is 379 g/mol. The fourth-order valence-electron chi connectivity index (χ4n) is 2.65. The second-order valence-corrected chi connectivity index (χ2v) is 5.94. The summed E-state index contributed by atoms with van der Waals surface area (Å²) in [4.78, 5) is 27.9. The lowest BCUT2D eigenvalue weighted by molar-refractivity contribution is -0.133. The summed E-state index contributed by atoms with van der Waals surface area (Å²) in [5, 5.41) is 2.91. The fourth-order valence-corrected chi connectivity index (χ4v) is 2.65. The highest BCUT2D eigenvalue weighted by Crippen LogP contribution is 2.11. The van der Waals surface area contributed by atoms with Crippen LogP contribution < -0.4 is 15.8 Å². The average molecular weight is 407 g/mol. The van der Waals surface area contributed by atoms with Gasteiger partial charge in [-0.15, -0.1) is 24.8 Å². The number of hydrogen-bond acceptors (Lipinski definition) is 5. The minimum Gasteiger partial charge on any atom is -0.497 e. The number of nitrogens with one attached hydrogen (secondary N) is 1. The third kappa shape index (κ3) is 6.99. The Morgan fingerprint density at radius 1 is 1.15 bits per heavy atom. The van der Waals surface area contributed by atoms with Crippen LogP contribution in [0.4, 0.5) is 0 Å². The van der Waals surface area contributed by atoms with Gasteiger partial charge in [-0.05, 0) is 31.2 Å². The molecule has 1 aliphatic rings. The van der Waals surface area contributed by atoms with Crippen LogP contribution in [0.15, 0.2) is 24.3 Å². The predicted molar refractivity (Wildman–Crippen MR) is 106 cm³/mol. The van der Waals surface area contributed by atoms with Crippen molar-refractivity contribution in [1.29, 1.82) is 0 Å². The zero-order valence-electron chi connectivity index (χ0n) is 15.1. The third-order valence-corrected chi connectivity index (χ3v) is 4.14. The van der Waals surface area contributed by atoms with E-state index in [2.05, 4.69) is 10.2 Å². The van der Waals surface area contributed by atoms with Gasteiger partial charge in [0.2, 0.25) is 5.91 Å². The molecule has 0 aliphatic carbocycles. The number of benzene rings is 1. The molecule has 0 radical (unpaired) electrons. The number of nitrogens with two attached hydrogens (primary N) is 1. The Balaban J connectivity index is 0.00000312. The third-order valence-electron chi connectivity index (χ3n) is 4.14. The highest BCUT2D eigenvalue weighted by atomic mass is 35.5. The molecule has 1 aromatic rings. The first-order chi connectivity index (χ1) is 11.5. The Bertz CT molecular complexity index is 562. The van der Waals surface area contributed by atoms with Crippen molar-refractivity contribution in [2.75, 3.05) is 46.4 Å². The molecule has 9 heteroatoms. The van der Waals surface area contributed by atoms with Crippen molar-refractivity contribution in [3.63, 3.8) is 0 Å². The Morgan fingerprint density at radius 2 is 1.73 bits per heavy atom. The molecule has 1 heterocycles. The van der Waals surface area contributed by atoms with Gasteiger partial charge >= 0.3 is 0 Å². The summed E-state index contributed by atoms with van der Waals surface area (Å²) in [7, 11) is 1.59. The SMILES string of the molecule is COc1ccc(C(=O)NCCN2CCN(C(=O)[C@@H](C)N)CC2)cc1.Cl.Cl. The molecule has 2 amide bonds. The minimum absolute atomic E-state index is 0.